The third kappa shape index (κ3) is 3.82. The molecule has 1 heterocycles. The summed E-state index contributed by atoms with van der Waals surface area (Å²) in [6.45, 7) is 3.42. The molecule has 2 unspecified atom stereocenters. The molecule has 1 saturated heterocycles. The van der Waals surface area contributed by atoms with Crippen LogP contribution in [0.1, 0.15) is 36.3 Å². The van der Waals surface area contributed by atoms with Crippen LogP contribution in [0.3, 0.4) is 0 Å². The summed E-state index contributed by atoms with van der Waals surface area (Å²) >= 11 is 0. The molecule has 0 aromatic heterocycles. The molecule has 1 aliphatic carbocycles. The zero-order valence-corrected chi connectivity index (χ0v) is 13.7. The predicted molar refractivity (Wildman–Crippen MR) is 95.5 cm³/mol. The van der Waals surface area contributed by atoms with Crippen LogP contribution in [-0.4, -0.2) is 30.1 Å². The van der Waals surface area contributed by atoms with Crippen molar-refractivity contribution < 1.29 is 0 Å². The fourth-order valence-electron chi connectivity index (χ4n) is 3.84. The minimum Gasteiger partial charge on any atom is -0.309 e. The molecule has 0 spiro atoms. The van der Waals surface area contributed by atoms with Gasteiger partial charge in [-0.2, -0.15) is 0 Å². The molecule has 2 heteroatoms. The average Bonchev–Trinajstić information content (AvgIpc) is 3.47. The van der Waals surface area contributed by atoms with E-state index in [9.17, 15) is 0 Å². The summed E-state index contributed by atoms with van der Waals surface area (Å²) in [7, 11) is 0. The van der Waals surface area contributed by atoms with Crippen molar-refractivity contribution in [3.05, 3.63) is 71.8 Å². The van der Waals surface area contributed by atoms with Crippen LogP contribution in [0.25, 0.3) is 0 Å². The molecule has 0 bridgehead atoms. The predicted octanol–water partition coefficient (Wildman–Crippen LogP) is 3.80. The van der Waals surface area contributed by atoms with Crippen LogP contribution < -0.4 is 5.32 Å². The van der Waals surface area contributed by atoms with Crippen LogP contribution in [0.4, 0.5) is 0 Å². The fraction of sp³-hybridized carbons (Fsp3) is 0.429. The van der Waals surface area contributed by atoms with E-state index in [0.29, 0.717) is 12.0 Å². The summed E-state index contributed by atoms with van der Waals surface area (Å²) in [6.07, 6.45) is 4.04. The van der Waals surface area contributed by atoms with E-state index in [-0.39, 0.29) is 0 Å². The normalized spacial score (nSPS) is 25.4. The zero-order valence-electron chi connectivity index (χ0n) is 13.7. The van der Waals surface area contributed by atoms with Crippen LogP contribution >= 0.6 is 0 Å². The van der Waals surface area contributed by atoms with Gasteiger partial charge in [0.1, 0.15) is 0 Å². The summed E-state index contributed by atoms with van der Waals surface area (Å²) in [5, 5.41) is 3.81. The Morgan fingerprint density at radius 1 is 0.870 bits per heavy atom. The van der Waals surface area contributed by atoms with Gasteiger partial charge in [-0.15, -0.1) is 0 Å². The number of nitrogens with zero attached hydrogens (tertiary/aromatic N) is 1. The third-order valence-corrected chi connectivity index (χ3v) is 5.25. The lowest BCUT2D eigenvalue weighted by atomic mass is 9.88. The molecule has 1 N–H and O–H groups in total. The summed E-state index contributed by atoms with van der Waals surface area (Å²) < 4.78 is 0. The highest BCUT2D eigenvalue weighted by Gasteiger charge is 2.36. The van der Waals surface area contributed by atoms with Crippen molar-refractivity contribution >= 4 is 0 Å². The first kappa shape index (κ1) is 14.9. The van der Waals surface area contributed by atoms with Gasteiger partial charge in [0.25, 0.3) is 0 Å². The van der Waals surface area contributed by atoms with Gasteiger partial charge >= 0.3 is 0 Å². The summed E-state index contributed by atoms with van der Waals surface area (Å²) in [6, 6.07) is 23.3. The lowest BCUT2D eigenvalue weighted by Crippen LogP contribution is -2.49. The van der Waals surface area contributed by atoms with Gasteiger partial charge in [0, 0.05) is 31.7 Å². The number of benzene rings is 2. The SMILES string of the molecule is c1ccc(CNC2CC(c3ccccc3)CN(C3CC3)C2)cc1. The summed E-state index contributed by atoms with van der Waals surface area (Å²) in [4.78, 5) is 2.73. The van der Waals surface area contributed by atoms with E-state index in [4.69, 9.17) is 0 Å². The van der Waals surface area contributed by atoms with Crippen LogP contribution in [0, 0.1) is 0 Å². The Kier molecular flexibility index (Phi) is 4.45. The summed E-state index contributed by atoms with van der Waals surface area (Å²) in [5.41, 5.74) is 2.89. The van der Waals surface area contributed by atoms with Crippen LogP contribution in [0.5, 0.6) is 0 Å². The smallest absolute Gasteiger partial charge is 0.0208 e. The topological polar surface area (TPSA) is 15.3 Å². The number of nitrogens with one attached hydrogen (secondary N) is 1. The Hall–Kier alpha value is -1.64. The molecule has 2 atom stereocenters. The van der Waals surface area contributed by atoms with E-state index in [2.05, 4.69) is 70.9 Å². The minimum absolute atomic E-state index is 0.592. The molecule has 2 aliphatic rings. The zero-order chi connectivity index (χ0) is 15.5. The lowest BCUT2D eigenvalue weighted by molar-refractivity contribution is 0.162. The van der Waals surface area contributed by atoms with Crippen LogP contribution in [0.2, 0.25) is 0 Å². The maximum absolute atomic E-state index is 3.81. The largest absolute Gasteiger partial charge is 0.309 e. The Morgan fingerprint density at radius 3 is 2.26 bits per heavy atom. The van der Waals surface area contributed by atoms with Gasteiger partial charge in [0.15, 0.2) is 0 Å². The van der Waals surface area contributed by atoms with Crippen LogP contribution in [-0.2, 0) is 6.54 Å². The number of likely N-dealkylation sites (tertiary alicyclic amines) is 1. The lowest BCUT2D eigenvalue weighted by Gasteiger charge is -2.38. The molecule has 0 radical (unpaired) electrons. The first-order valence-corrected chi connectivity index (χ1v) is 8.95. The quantitative estimate of drug-likeness (QED) is 0.904. The molecular formula is C21H26N2. The maximum Gasteiger partial charge on any atom is 0.0208 e. The Labute approximate surface area is 139 Å². The number of piperidine rings is 1. The van der Waals surface area contributed by atoms with Gasteiger partial charge in [-0.3, -0.25) is 4.90 Å². The van der Waals surface area contributed by atoms with Gasteiger partial charge < -0.3 is 5.32 Å². The van der Waals surface area contributed by atoms with Crippen molar-refractivity contribution in [1.29, 1.82) is 0 Å². The van der Waals surface area contributed by atoms with Crippen molar-refractivity contribution in [3.63, 3.8) is 0 Å². The third-order valence-electron chi connectivity index (χ3n) is 5.25. The molecule has 2 aromatic rings. The second-order valence-electron chi connectivity index (χ2n) is 7.09. The van der Waals surface area contributed by atoms with Crippen molar-refractivity contribution in [2.75, 3.05) is 13.1 Å². The molecule has 0 amide bonds. The molecule has 2 aromatic carbocycles. The van der Waals surface area contributed by atoms with Gasteiger partial charge in [0.2, 0.25) is 0 Å². The van der Waals surface area contributed by atoms with E-state index in [1.807, 2.05) is 0 Å². The van der Waals surface area contributed by atoms with E-state index < -0.39 is 0 Å². The highest BCUT2D eigenvalue weighted by atomic mass is 15.2. The van der Waals surface area contributed by atoms with Crippen LogP contribution in [0.15, 0.2) is 60.7 Å². The highest BCUT2D eigenvalue weighted by Crippen LogP contribution is 2.34. The molecule has 2 nitrogen and oxygen atoms in total. The van der Waals surface area contributed by atoms with Crippen molar-refractivity contribution in [3.8, 4) is 0 Å². The Bertz CT molecular complexity index is 606. The molecule has 23 heavy (non-hydrogen) atoms. The monoisotopic (exact) mass is 306 g/mol. The van der Waals surface area contributed by atoms with E-state index in [1.54, 1.807) is 0 Å². The second kappa shape index (κ2) is 6.86. The first-order valence-electron chi connectivity index (χ1n) is 8.95. The Morgan fingerprint density at radius 2 is 1.57 bits per heavy atom. The molecule has 1 saturated carbocycles. The van der Waals surface area contributed by atoms with Crippen molar-refractivity contribution in [2.45, 2.75) is 43.8 Å². The van der Waals surface area contributed by atoms with E-state index >= 15 is 0 Å². The van der Waals surface area contributed by atoms with Crippen molar-refractivity contribution in [2.24, 2.45) is 0 Å². The molecule has 1 aliphatic heterocycles. The van der Waals surface area contributed by atoms with Gasteiger partial charge in [0.05, 0.1) is 0 Å². The van der Waals surface area contributed by atoms with Crippen molar-refractivity contribution in [1.82, 2.24) is 10.2 Å². The van der Waals surface area contributed by atoms with E-state index in [0.717, 1.165) is 12.6 Å². The van der Waals surface area contributed by atoms with Gasteiger partial charge in [-0.05, 0) is 36.3 Å². The standard InChI is InChI=1S/C21H26N2/c1-3-7-17(8-4-1)14-22-20-13-19(18-9-5-2-6-10-18)15-23(16-20)21-11-12-21/h1-10,19-22H,11-16H2. The van der Waals surface area contributed by atoms with Gasteiger partial charge in [-0.1, -0.05) is 60.7 Å². The molecular weight excluding hydrogens is 280 g/mol. The first-order chi connectivity index (χ1) is 11.4. The number of hydrogen-bond donors (Lipinski definition) is 1. The van der Waals surface area contributed by atoms with Gasteiger partial charge in [-0.25, -0.2) is 0 Å². The second-order valence-corrected chi connectivity index (χ2v) is 7.09. The van der Waals surface area contributed by atoms with E-state index in [1.165, 1.54) is 43.5 Å². The average molecular weight is 306 g/mol. The minimum atomic E-state index is 0.592. The fourth-order valence-corrected chi connectivity index (χ4v) is 3.84. The maximum atomic E-state index is 3.81. The number of rotatable bonds is 5. The number of hydrogen-bond acceptors (Lipinski definition) is 2. The summed E-state index contributed by atoms with van der Waals surface area (Å²) in [5.74, 6) is 0.666. The highest BCUT2D eigenvalue weighted by molar-refractivity contribution is 5.21. The molecule has 2 fully saturated rings. The molecule has 4 rings (SSSR count). The Balaban J connectivity index is 1.43. The molecule has 120 valence electrons.